The Morgan fingerprint density at radius 3 is 2.61 bits per heavy atom. The molecule has 2 rings (SSSR count). The lowest BCUT2D eigenvalue weighted by Gasteiger charge is -2.27. The predicted molar refractivity (Wildman–Crippen MR) is 76.2 cm³/mol. The number of nitrogens with one attached hydrogen (secondary N) is 1. The standard InChI is InChI=1S/C15H24N2O/c1-2-17(15-6-4-3-5-7-15)11-10-16-14-8-12-18-13-9-14/h3-7,14,16H,2,8-13H2,1H3. The number of anilines is 1. The first-order valence-corrected chi connectivity index (χ1v) is 7.01. The lowest BCUT2D eigenvalue weighted by molar-refractivity contribution is 0.0783. The molecule has 0 atom stereocenters. The predicted octanol–water partition coefficient (Wildman–Crippen LogP) is 2.28. The van der Waals surface area contributed by atoms with Gasteiger partial charge in [-0.25, -0.2) is 0 Å². The molecule has 0 saturated carbocycles. The van der Waals surface area contributed by atoms with Gasteiger partial charge in [-0.3, -0.25) is 0 Å². The summed E-state index contributed by atoms with van der Waals surface area (Å²) in [6.07, 6.45) is 2.30. The number of para-hydroxylation sites is 1. The number of hydrogen-bond donors (Lipinski definition) is 1. The summed E-state index contributed by atoms with van der Waals surface area (Å²) in [6.45, 7) is 7.20. The van der Waals surface area contributed by atoms with E-state index < -0.39 is 0 Å². The zero-order valence-electron chi connectivity index (χ0n) is 11.3. The molecule has 1 fully saturated rings. The molecule has 3 nitrogen and oxygen atoms in total. The van der Waals surface area contributed by atoms with Crippen LogP contribution in [0.25, 0.3) is 0 Å². The van der Waals surface area contributed by atoms with Crippen molar-refractivity contribution in [2.45, 2.75) is 25.8 Å². The molecule has 1 aromatic carbocycles. The number of likely N-dealkylation sites (N-methyl/N-ethyl adjacent to an activating group) is 1. The summed E-state index contributed by atoms with van der Waals surface area (Å²) in [6, 6.07) is 11.3. The van der Waals surface area contributed by atoms with E-state index in [4.69, 9.17) is 4.74 Å². The van der Waals surface area contributed by atoms with Gasteiger partial charge in [0.2, 0.25) is 0 Å². The van der Waals surface area contributed by atoms with Gasteiger partial charge in [-0.05, 0) is 31.9 Å². The van der Waals surface area contributed by atoms with E-state index in [0.29, 0.717) is 6.04 Å². The number of rotatable bonds is 6. The van der Waals surface area contributed by atoms with E-state index in [2.05, 4.69) is 47.5 Å². The fourth-order valence-corrected chi connectivity index (χ4v) is 2.41. The minimum absolute atomic E-state index is 0.647. The minimum atomic E-state index is 0.647. The van der Waals surface area contributed by atoms with Crippen molar-refractivity contribution in [3.8, 4) is 0 Å². The summed E-state index contributed by atoms with van der Waals surface area (Å²) in [5.74, 6) is 0. The van der Waals surface area contributed by atoms with Crippen molar-refractivity contribution < 1.29 is 4.74 Å². The Morgan fingerprint density at radius 2 is 1.94 bits per heavy atom. The van der Waals surface area contributed by atoms with Crippen molar-refractivity contribution in [1.29, 1.82) is 0 Å². The first-order valence-electron chi connectivity index (χ1n) is 7.01. The zero-order valence-corrected chi connectivity index (χ0v) is 11.3. The molecule has 100 valence electrons. The second kappa shape index (κ2) is 7.39. The van der Waals surface area contributed by atoms with Gasteiger partial charge in [-0.15, -0.1) is 0 Å². The summed E-state index contributed by atoms with van der Waals surface area (Å²) in [5.41, 5.74) is 1.31. The highest BCUT2D eigenvalue weighted by atomic mass is 16.5. The van der Waals surface area contributed by atoms with Gasteiger partial charge in [0.1, 0.15) is 0 Å². The third kappa shape index (κ3) is 4.00. The number of hydrogen-bond acceptors (Lipinski definition) is 3. The Bertz CT molecular complexity index is 323. The van der Waals surface area contributed by atoms with E-state index in [0.717, 1.165) is 45.7 Å². The summed E-state index contributed by atoms with van der Waals surface area (Å²) >= 11 is 0. The molecule has 0 aromatic heterocycles. The molecular formula is C15H24N2O. The van der Waals surface area contributed by atoms with Gasteiger partial charge in [-0.2, -0.15) is 0 Å². The van der Waals surface area contributed by atoms with Gasteiger partial charge in [0.15, 0.2) is 0 Å². The topological polar surface area (TPSA) is 24.5 Å². The monoisotopic (exact) mass is 248 g/mol. The second-order valence-electron chi connectivity index (χ2n) is 4.76. The maximum atomic E-state index is 5.37. The van der Waals surface area contributed by atoms with E-state index in [1.54, 1.807) is 0 Å². The number of nitrogens with zero attached hydrogens (tertiary/aromatic N) is 1. The van der Waals surface area contributed by atoms with Crippen LogP contribution in [0.3, 0.4) is 0 Å². The van der Waals surface area contributed by atoms with Gasteiger partial charge in [0.05, 0.1) is 0 Å². The molecule has 1 N–H and O–H groups in total. The Labute approximate surface area is 110 Å². The zero-order chi connectivity index (χ0) is 12.6. The Hall–Kier alpha value is -1.06. The van der Waals surface area contributed by atoms with Crippen LogP contribution in [0.2, 0.25) is 0 Å². The van der Waals surface area contributed by atoms with E-state index in [1.165, 1.54) is 5.69 Å². The van der Waals surface area contributed by atoms with E-state index in [1.807, 2.05) is 0 Å². The molecule has 0 radical (unpaired) electrons. The fourth-order valence-electron chi connectivity index (χ4n) is 2.41. The SMILES string of the molecule is CCN(CCNC1CCOCC1)c1ccccc1. The number of benzene rings is 1. The van der Waals surface area contributed by atoms with Crippen LogP contribution in [0, 0.1) is 0 Å². The van der Waals surface area contributed by atoms with Crippen LogP contribution < -0.4 is 10.2 Å². The van der Waals surface area contributed by atoms with Gasteiger partial charge in [0, 0.05) is 44.6 Å². The number of ether oxygens (including phenoxy) is 1. The molecule has 0 unspecified atom stereocenters. The highest BCUT2D eigenvalue weighted by molar-refractivity contribution is 5.45. The van der Waals surface area contributed by atoms with Crippen LogP contribution in [0.5, 0.6) is 0 Å². The van der Waals surface area contributed by atoms with Crippen molar-refractivity contribution >= 4 is 5.69 Å². The first kappa shape index (κ1) is 13.4. The molecule has 1 aliphatic heterocycles. The maximum Gasteiger partial charge on any atom is 0.0480 e. The van der Waals surface area contributed by atoms with Crippen molar-refractivity contribution in [3.05, 3.63) is 30.3 Å². The van der Waals surface area contributed by atoms with Gasteiger partial charge in [0.25, 0.3) is 0 Å². The molecular weight excluding hydrogens is 224 g/mol. The van der Waals surface area contributed by atoms with Crippen LogP contribution in [-0.4, -0.2) is 38.9 Å². The molecule has 0 aliphatic carbocycles. The molecule has 1 aliphatic rings. The first-order chi connectivity index (χ1) is 8.90. The third-order valence-electron chi connectivity index (χ3n) is 3.54. The summed E-state index contributed by atoms with van der Waals surface area (Å²) in [4.78, 5) is 2.41. The summed E-state index contributed by atoms with van der Waals surface area (Å²) in [5, 5.41) is 3.63. The average molecular weight is 248 g/mol. The van der Waals surface area contributed by atoms with Gasteiger partial charge in [-0.1, -0.05) is 18.2 Å². The van der Waals surface area contributed by atoms with Crippen LogP contribution in [0.15, 0.2) is 30.3 Å². The molecule has 1 saturated heterocycles. The molecule has 18 heavy (non-hydrogen) atoms. The average Bonchev–Trinajstić information content (AvgIpc) is 2.46. The van der Waals surface area contributed by atoms with Crippen LogP contribution in [-0.2, 0) is 4.74 Å². The van der Waals surface area contributed by atoms with Gasteiger partial charge >= 0.3 is 0 Å². The minimum Gasteiger partial charge on any atom is -0.381 e. The lowest BCUT2D eigenvalue weighted by Crippen LogP contribution is -2.40. The second-order valence-corrected chi connectivity index (χ2v) is 4.76. The van der Waals surface area contributed by atoms with Crippen molar-refractivity contribution in [3.63, 3.8) is 0 Å². The Kier molecular flexibility index (Phi) is 5.49. The van der Waals surface area contributed by atoms with E-state index in [9.17, 15) is 0 Å². The van der Waals surface area contributed by atoms with Crippen LogP contribution >= 0.6 is 0 Å². The van der Waals surface area contributed by atoms with Crippen molar-refractivity contribution in [1.82, 2.24) is 5.32 Å². The van der Waals surface area contributed by atoms with Crippen LogP contribution in [0.1, 0.15) is 19.8 Å². The molecule has 3 heteroatoms. The highest BCUT2D eigenvalue weighted by Crippen LogP contribution is 2.12. The third-order valence-corrected chi connectivity index (χ3v) is 3.54. The molecule has 1 heterocycles. The Balaban J connectivity index is 1.73. The van der Waals surface area contributed by atoms with E-state index in [-0.39, 0.29) is 0 Å². The normalized spacial score (nSPS) is 16.7. The molecule has 0 spiro atoms. The fraction of sp³-hybridized carbons (Fsp3) is 0.600. The quantitative estimate of drug-likeness (QED) is 0.836. The molecule has 1 aromatic rings. The smallest absolute Gasteiger partial charge is 0.0480 e. The summed E-state index contributed by atoms with van der Waals surface area (Å²) < 4.78 is 5.37. The van der Waals surface area contributed by atoms with Crippen molar-refractivity contribution in [2.24, 2.45) is 0 Å². The molecule has 0 amide bonds. The van der Waals surface area contributed by atoms with Crippen LogP contribution in [0.4, 0.5) is 5.69 Å². The van der Waals surface area contributed by atoms with E-state index >= 15 is 0 Å². The molecule has 0 bridgehead atoms. The summed E-state index contributed by atoms with van der Waals surface area (Å²) in [7, 11) is 0. The lowest BCUT2D eigenvalue weighted by atomic mass is 10.1. The Morgan fingerprint density at radius 1 is 1.22 bits per heavy atom. The highest BCUT2D eigenvalue weighted by Gasteiger charge is 2.12. The largest absolute Gasteiger partial charge is 0.381 e. The van der Waals surface area contributed by atoms with Gasteiger partial charge < -0.3 is 15.0 Å². The van der Waals surface area contributed by atoms with Crippen molar-refractivity contribution in [2.75, 3.05) is 37.7 Å². The maximum absolute atomic E-state index is 5.37.